The smallest absolute Gasteiger partial charge is 0.255 e. The van der Waals surface area contributed by atoms with Gasteiger partial charge in [-0.15, -0.1) is 11.8 Å². The van der Waals surface area contributed by atoms with Crippen molar-refractivity contribution < 1.29 is 13.9 Å². The van der Waals surface area contributed by atoms with Crippen molar-refractivity contribution in [1.29, 1.82) is 0 Å². The fourth-order valence-corrected chi connectivity index (χ4v) is 3.84. The number of amides is 1. The molecule has 0 spiro atoms. The predicted octanol–water partition coefficient (Wildman–Crippen LogP) is 5.50. The number of carbonyl (C=O) groups excluding carboxylic acids is 1. The van der Waals surface area contributed by atoms with Gasteiger partial charge >= 0.3 is 0 Å². The molecule has 0 saturated carbocycles. The zero-order valence-electron chi connectivity index (χ0n) is 16.7. The van der Waals surface area contributed by atoms with E-state index in [0.717, 1.165) is 15.9 Å². The number of carbonyl (C=O) groups is 1. The van der Waals surface area contributed by atoms with Crippen molar-refractivity contribution in [2.24, 2.45) is 0 Å². The normalized spacial score (nSPS) is 11.7. The lowest BCUT2D eigenvalue weighted by atomic mass is 10.1. The molecule has 0 aliphatic rings. The lowest BCUT2D eigenvalue weighted by molar-refractivity contribution is 0.0955. The molecule has 0 bridgehead atoms. The Balaban J connectivity index is 1.75. The molecule has 2 N–H and O–H groups in total. The first kappa shape index (κ1) is 19.8. The average molecular weight is 420 g/mol. The molecule has 4 aromatic rings. The van der Waals surface area contributed by atoms with Crippen LogP contribution in [0.25, 0.3) is 33.3 Å². The van der Waals surface area contributed by atoms with E-state index in [9.17, 15) is 4.79 Å². The van der Waals surface area contributed by atoms with Crippen molar-refractivity contribution >= 4 is 39.5 Å². The zero-order valence-corrected chi connectivity index (χ0v) is 17.5. The number of thioether (sulfide) groups is 1. The second-order valence-electron chi connectivity index (χ2n) is 6.51. The topological polar surface area (TPSA) is 80.2 Å². The second-order valence-corrected chi connectivity index (χ2v) is 7.60. The number of aromatic amines is 1. The van der Waals surface area contributed by atoms with E-state index in [4.69, 9.17) is 9.15 Å². The third-order valence-electron chi connectivity index (χ3n) is 4.77. The van der Waals surface area contributed by atoms with Gasteiger partial charge in [0.1, 0.15) is 17.0 Å². The Labute approximate surface area is 178 Å². The van der Waals surface area contributed by atoms with Crippen molar-refractivity contribution in [3.05, 3.63) is 71.0 Å². The highest BCUT2D eigenvalue weighted by Crippen LogP contribution is 2.38. The van der Waals surface area contributed by atoms with E-state index in [1.165, 1.54) is 11.8 Å². The summed E-state index contributed by atoms with van der Waals surface area (Å²) in [6.07, 6.45) is 1.95. The van der Waals surface area contributed by atoms with Crippen molar-refractivity contribution in [2.45, 2.75) is 6.92 Å². The molecular formula is C23H21N3O3S. The maximum absolute atomic E-state index is 12.9. The minimum Gasteiger partial charge on any atom is -0.495 e. The molecule has 0 unspecified atom stereocenters. The molecule has 7 heteroatoms. The van der Waals surface area contributed by atoms with Gasteiger partial charge in [-0.25, -0.2) is 0 Å². The number of aromatic nitrogens is 2. The summed E-state index contributed by atoms with van der Waals surface area (Å²) in [6.45, 7) is 6.05. The molecule has 6 nitrogen and oxygen atoms in total. The zero-order chi connectivity index (χ0) is 21.1. The van der Waals surface area contributed by atoms with Crippen LogP contribution in [0.2, 0.25) is 0 Å². The van der Waals surface area contributed by atoms with Gasteiger partial charge < -0.3 is 14.5 Å². The number of methoxy groups -OCH3 is 1. The van der Waals surface area contributed by atoms with Crippen LogP contribution in [0.3, 0.4) is 0 Å². The van der Waals surface area contributed by atoms with Gasteiger partial charge in [-0.1, -0.05) is 30.9 Å². The van der Waals surface area contributed by atoms with Gasteiger partial charge in [0.15, 0.2) is 5.76 Å². The van der Waals surface area contributed by atoms with Crippen LogP contribution in [0, 0.1) is 0 Å². The first-order valence-electron chi connectivity index (χ1n) is 9.41. The molecule has 152 valence electrons. The molecule has 0 aliphatic carbocycles. The Morgan fingerprint density at radius 1 is 1.33 bits per heavy atom. The molecule has 0 atom stereocenters. The van der Waals surface area contributed by atoms with Gasteiger partial charge in [0.05, 0.1) is 23.6 Å². The third kappa shape index (κ3) is 3.59. The van der Waals surface area contributed by atoms with E-state index in [-0.39, 0.29) is 5.91 Å². The molecule has 2 heterocycles. The maximum Gasteiger partial charge on any atom is 0.255 e. The first-order valence-corrected chi connectivity index (χ1v) is 10.3. The molecule has 0 saturated heterocycles. The summed E-state index contributed by atoms with van der Waals surface area (Å²) in [4.78, 5) is 13.9. The standard InChI is InChI=1S/C23H21N3O3S/c1-4-15(30-5-2)13-24-23(27)16-10-11-17-20(22(16)28-3)21(26-25-17)19-12-14-8-6-7-9-18(14)29-19/h4-12H,2,13H2,1,3H3,(H,24,27)(H,25,26)/b15-4-. The van der Waals surface area contributed by atoms with Crippen molar-refractivity contribution in [3.8, 4) is 17.2 Å². The van der Waals surface area contributed by atoms with E-state index in [1.54, 1.807) is 24.7 Å². The summed E-state index contributed by atoms with van der Waals surface area (Å²) in [5.74, 6) is 0.857. The van der Waals surface area contributed by atoms with Crippen LogP contribution in [-0.2, 0) is 0 Å². The number of nitrogens with one attached hydrogen (secondary N) is 2. The fourth-order valence-electron chi connectivity index (χ4n) is 3.33. The van der Waals surface area contributed by atoms with Crippen molar-refractivity contribution in [2.75, 3.05) is 13.7 Å². The Kier molecular flexibility index (Phi) is 5.63. The number of hydrogen-bond acceptors (Lipinski definition) is 5. The Hall–Kier alpha value is -3.45. The van der Waals surface area contributed by atoms with Crippen LogP contribution >= 0.6 is 11.8 Å². The van der Waals surface area contributed by atoms with Crippen LogP contribution in [0.4, 0.5) is 0 Å². The van der Waals surface area contributed by atoms with Gasteiger partial charge in [0, 0.05) is 16.8 Å². The van der Waals surface area contributed by atoms with Crippen LogP contribution in [0.5, 0.6) is 5.75 Å². The van der Waals surface area contributed by atoms with Crippen LogP contribution in [0.15, 0.2) is 69.8 Å². The van der Waals surface area contributed by atoms with Gasteiger partial charge in [-0.3, -0.25) is 9.89 Å². The highest BCUT2D eigenvalue weighted by atomic mass is 32.2. The number of H-pyrrole nitrogens is 1. The molecule has 4 rings (SSSR count). The minimum absolute atomic E-state index is 0.227. The summed E-state index contributed by atoms with van der Waals surface area (Å²) in [5, 5.41) is 13.8. The number of rotatable bonds is 7. The quantitative estimate of drug-likeness (QED) is 0.414. The fraction of sp³-hybridized carbons (Fsp3) is 0.130. The SMILES string of the molecule is C=CS/C(=C\C)CNC(=O)c1ccc2n[nH]c(-c3cc4ccccc4o3)c2c1OC. The minimum atomic E-state index is -0.227. The van der Waals surface area contributed by atoms with E-state index < -0.39 is 0 Å². The lowest BCUT2D eigenvalue weighted by Gasteiger charge is -2.11. The number of benzene rings is 2. The molecule has 2 aromatic heterocycles. The number of ether oxygens (including phenoxy) is 1. The highest BCUT2D eigenvalue weighted by Gasteiger charge is 2.22. The molecule has 30 heavy (non-hydrogen) atoms. The molecule has 1 amide bonds. The summed E-state index contributed by atoms with van der Waals surface area (Å²) < 4.78 is 11.7. The maximum atomic E-state index is 12.9. The summed E-state index contributed by atoms with van der Waals surface area (Å²) >= 11 is 1.48. The molecule has 0 fully saturated rings. The van der Waals surface area contributed by atoms with Crippen molar-refractivity contribution in [3.63, 3.8) is 0 Å². The van der Waals surface area contributed by atoms with Crippen LogP contribution in [-0.4, -0.2) is 29.8 Å². The second kappa shape index (κ2) is 8.51. The summed E-state index contributed by atoms with van der Waals surface area (Å²) in [5.41, 5.74) is 2.57. The number of allylic oxidation sites excluding steroid dienone is 1. The van der Waals surface area contributed by atoms with Crippen LogP contribution < -0.4 is 10.1 Å². The first-order chi connectivity index (χ1) is 14.7. The lowest BCUT2D eigenvalue weighted by Crippen LogP contribution is -2.25. The molecule has 0 radical (unpaired) electrons. The Bertz CT molecular complexity index is 1240. The number of para-hydroxylation sites is 1. The highest BCUT2D eigenvalue weighted by molar-refractivity contribution is 8.05. The molecule has 0 aliphatic heterocycles. The predicted molar refractivity (Wildman–Crippen MR) is 122 cm³/mol. The largest absolute Gasteiger partial charge is 0.495 e. The average Bonchev–Trinajstić information content (AvgIpc) is 3.39. The van der Waals surface area contributed by atoms with E-state index in [2.05, 4.69) is 22.1 Å². The van der Waals surface area contributed by atoms with E-state index in [0.29, 0.717) is 40.2 Å². The molecule has 2 aromatic carbocycles. The number of nitrogens with zero attached hydrogens (tertiary/aromatic N) is 1. The number of hydrogen-bond donors (Lipinski definition) is 2. The van der Waals surface area contributed by atoms with E-state index in [1.807, 2.05) is 43.3 Å². The van der Waals surface area contributed by atoms with Gasteiger partial charge in [-0.2, -0.15) is 5.10 Å². The van der Waals surface area contributed by atoms with E-state index >= 15 is 0 Å². The van der Waals surface area contributed by atoms with Gasteiger partial charge in [0.25, 0.3) is 5.91 Å². The van der Waals surface area contributed by atoms with Crippen molar-refractivity contribution in [1.82, 2.24) is 15.5 Å². The third-order valence-corrected chi connectivity index (χ3v) is 5.62. The monoisotopic (exact) mass is 419 g/mol. The van der Waals surface area contributed by atoms with Crippen LogP contribution in [0.1, 0.15) is 17.3 Å². The Morgan fingerprint density at radius 3 is 2.90 bits per heavy atom. The Morgan fingerprint density at radius 2 is 2.17 bits per heavy atom. The number of furan rings is 1. The molecular weight excluding hydrogens is 398 g/mol. The number of fused-ring (bicyclic) bond motifs is 2. The summed E-state index contributed by atoms with van der Waals surface area (Å²) in [6, 6.07) is 13.2. The van der Waals surface area contributed by atoms with Gasteiger partial charge in [0.2, 0.25) is 0 Å². The van der Waals surface area contributed by atoms with Gasteiger partial charge in [-0.05, 0) is 36.6 Å². The summed E-state index contributed by atoms with van der Waals surface area (Å²) in [7, 11) is 1.55.